The van der Waals surface area contributed by atoms with Crippen LogP contribution in [0.1, 0.15) is 77.9 Å². The Morgan fingerprint density at radius 2 is 1.77 bits per heavy atom. The third kappa shape index (κ3) is 4.74. The molecule has 1 fully saturated rings. The number of carbonyl (C=O) groups excluding carboxylic acids is 2. The molecule has 0 bridgehead atoms. The maximum atomic E-state index is 13.2. The van der Waals surface area contributed by atoms with Crippen LogP contribution < -0.4 is 28.5 Å². The van der Waals surface area contributed by atoms with Crippen molar-refractivity contribution in [2.75, 3.05) is 12.4 Å². The van der Waals surface area contributed by atoms with E-state index in [2.05, 4.69) is 4.57 Å². The lowest BCUT2D eigenvalue weighted by Gasteiger charge is -2.27. The summed E-state index contributed by atoms with van der Waals surface area (Å²) < 4.78 is 7.54. The van der Waals surface area contributed by atoms with E-state index < -0.39 is 0 Å². The molecule has 0 radical (unpaired) electrons. The lowest BCUT2D eigenvalue weighted by molar-refractivity contribution is -0.670. The predicted molar refractivity (Wildman–Crippen MR) is 117 cm³/mol. The molecular formula is C24H30INO3S. The van der Waals surface area contributed by atoms with Gasteiger partial charge in [-0.1, -0.05) is 50.2 Å². The van der Waals surface area contributed by atoms with Gasteiger partial charge in [0, 0.05) is 11.5 Å². The number of hydrogen-bond donors (Lipinski definition) is 0. The van der Waals surface area contributed by atoms with Crippen molar-refractivity contribution in [2.24, 2.45) is 7.05 Å². The molecule has 1 aromatic heterocycles. The summed E-state index contributed by atoms with van der Waals surface area (Å²) in [5.41, 5.74) is 4.98. The van der Waals surface area contributed by atoms with Gasteiger partial charge < -0.3 is 28.7 Å². The van der Waals surface area contributed by atoms with Crippen LogP contribution >= 0.6 is 11.8 Å². The van der Waals surface area contributed by atoms with Crippen molar-refractivity contribution in [3.05, 3.63) is 52.7 Å². The van der Waals surface area contributed by atoms with Gasteiger partial charge in [-0.2, -0.15) is 4.57 Å². The highest BCUT2D eigenvalue weighted by atomic mass is 127. The van der Waals surface area contributed by atoms with Crippen LogP contribution in [0.25, 0.3) is 11.3 Å². The van der Waals surface area contributed by atoms with Gasteiger partial charge >= 0.3 is 5.97 Å². The normalized spacial score (nSPS) is 13.3. The maximum Gasteiger partial charge on any atom is 0.345 e. The Labute approximate surface area is 200 Å². The second kappa shape index (κ2) is 11.3. The fourth-order valence-corrected chi connectivity index (χ4v) is 4.81. The molecule has 3 rings (SSSR count). The molecule has 1 heterocycles. The fourth-order valence-electron chi connectivity index (χ4n) is 4.18. The van der Waals surface area contributed by atoms with Crippen molar-refractivity contribution in [2.45, 2.75) is 52.4 Å². The van der Waals surface area contributed by atoms with E-state index in [1.54, 1.807) is 0 Å². The van der Waals surface area contributed by atoms with Crippen molar-refractivity contribution >= 4 is 22.8 Å². The van der Waals surface area contributed by atoms with Crippen molar-refractivity contribution in [3.8, 4) is 11.3 Å². The smallest absolute Gasteiger partial charge is 0.345 e. The van der Waals surface area contributed by atoms with Crippen molar-refractivity contribution < 1.29 is 42.9 Å². The van der Waals surface area contributed by atoms with Crippen molar-refractivity contribution in [1.82, 2.24) is 0 Å². The minimum absolute atomic E-state index is 0. The van der Waals surface area contributed by atoms with Crippen molar-refractivity contribution in [1.29, 1.82) is 0 Å². The van der Waals surface area contributed by atoms with Crippen LogP contribution in [0.2, 0.25) is 0 Å². The van der Waals surface area contributed by atoms with Gasteiger partial charge in [-0.15, -0.1) is 0 Å². The molecule has 1 aliphatic rings. The van der Waals surface area contributed by atoms with E-state index in [9.17, 15) is 9.59 Å². The first kappa shape index (κ1) is 24.9. The van der Waals surface area contributed by atoms with Gasteiger partial charge in [0.2, 0.25) is 10.8 Å². The van der Waals surface area contributed by atoms with Gasteiger partial charge in [0.1, 0.15) is 18.2 Å². The molecule has 1 aliphatic carbocycles. The van der Waals surface area contributed by atoms with E-state index in [1.807, 2.05) is 58.2 Å². The Kier molecular flexibility index (Phi) is 9.34. The highest BCUT2D eigenvalue weighted by molar-refractivity contribution is 8.14. The molecule has 0 amide bonds. The van der Waals surface area contributed by atoms with Crippen LogP contribution in [0.4, 0.5) is 0 Å². The lowest BCUT2D eigenvalue weighted by Crippen LogP contribution is -3.00. The molecular weight excluding hydrogens is 509 g/mol. The number of esters is 1. The second-order valence-corrected chi connectivity index (χ2v) is 8.55. The van der Waals surface area contributed by atoms with Gasteiger partial charge in [0.05, 0.1) is 6.61 Å². The number of carbonyl (C=O) groups is 2. The van der Waals surface area contributed by atoms with Crippen molar-refractivity contribution in [3.63, 3.8) is 0 Å². The quantitative estimate of drug-likeness (QED) is 0.307. The second-order valence-electron chi connectivity index (χ2n) is 7.31. The summed E-state index contributed by atoms with van der Waals surface area (Å²) >= 11 is 1.32. The lowest BCUT2D eigenvalue weighted by atomic mass is 9.78. The molecule has 0 spiro atoms. The number of rotatable bonds is 7. The first-order valence-corrected chi connectivity index (χ1v) is 11.5. The van der Waals surface area contributed by atoms with E-state index >= 15 is 0 Å². The topological polar surface area (TPSA) is 47.3 Å². The molecule has 162 valence electrons. The Bertz CT molecular complexity index is 911. The molecule has 0 N–H and O–H groups in total. The van der Waals surface area contributed by atoms with Gasteiger partial charge in [0.15, 0.2) is 5.69 Å². The number of thioether (sulfide) groups is 1. The van der Waals surface area contributed by atoms with Crippen LogP contribution in [0.5, 0.6) is 0 Å². The number of halogens is 1. The zero-order valence-electron chi connectivity index (χ0n) is 18.2. The summed E-state index contributed by atoms with van der Waals surface area (Å²) in [7, 11) is 1.99. The van der Waals surface area contributed by atoms with E-state index in [0.29, 0.717) is 30.3 Å². The molecule has 6 heteroatoms. The zero-order chi connectivity index (χ0) is 21.0. The number of ether oxygens (including phenoxy) is 1. The maximum absolute atomic E-state index is 13.2. The third-order valence-electron chi connectivity index (χ3n) is 5.65. The molecule has 0 unspecified atom stereocenters. The van der Waals surface area contributed by atoms with E-state index in [-0.39, 0.29) is 35.1 Å². The van der Waals surface area contributed by atoms with Crippen LogP contribution in [0.15, 0.2) is 30.3 Å². The Balaban J connectivity index is 0.00000320. The largest absolute Gasteiger partial charge is 1.00 e. The predicted octanol–water partition coefficient (Wildman–Crippen LogP) is 2.08. The summed E-state index contributed by atoms with van der Waals surface area (Å²) in [5.74, 6) is 0.722. The van der Waals surface area contributed by atoms with Crippen LogP contribution in [-0.2, 0) is 18.2 Å². The molecule has 4 nitrogen and oxygen atoms in total. The van der Waals surface area contributed by atoms with Crippen LogP contribution in [0, 0.1) is 0 Å². The average molecular weight is 539 g/mol. The SMILES string of the molecule is CCOC(=O)c1c(CC)c(C(=O)SCC)c(C2CCC2)[n+](C)c1-c1ccccc1.[I-]. The summed E-state index contributed by atoms with van der Waals surface area (Å²) in [6, 6.07) is 9.96. The average Bonchev–Trinajstić information content (AvgIpc) is 2.68. The molecule has 1 aromatic carbocycles. The monoisotopic (exact) mass is 539 g/mol. The third-order valence-corrected chi connectivity index (χ3v) is 6.40. The van der Waals surface area contributed by atoms with Gasteiger partial charge in [-0.05, 0) is 49.6 Å². The number of pyridine rings is 1. The molecule has 30 heavy (non-hydrogen) atoms. The molecule has 2 aromatic rings. The molecule has 0 aliphatic heterocycles. The number of nitrogens with zero attached hydrogens (tertiary/aromatic N) is 1. The Hall–Kier alpha value is -1.41. The molecule has 1 saturated carbocycles. The summed E-state index contributed by atoms with van der Waals surface area (Å²) in [6.45, 7) is 6.12. The van der Waals surface area contributed by atoms with Crippen LogP contribution in [-0.4, -0.2) is 23.4 Å². The van der Waals surface area contributed by atoms with Gasteiger partial charge in [-0.3, -0.25) is 4.79 Å². The van der Waals surface area contributed by atoms with Gasteiger partial charge in [-0.25, -0.2) is 4.79 Å². The van der Waals surface area contributed by atoms with E-state index in [4.69, 9.17) is 4.74 Å². The minimum Gasteiger partial charge on any atom is -1.00 e. The van der Waals surface area contributed by atoms with Crippen LogP contribution in [0.3, 0.4) is 0 Å². The Morgan fingerprint density at radius 1 is 1.10 bits per heavy atom. The summed E-state index contributed by atoms with van der Waals surface area (Å²) in [5, 5.41) is 0.0620. The molecule has 0 saturated heterocycles. The van der Waals surface area contributed by atoms with Gasteiger partial charge in [0.25, 0.3) is 0 Å². The first-order valence-electron chi connectivity index (χ1n) is 10.5. The zero-order valence-corrected chi connectivity index (χ0v) is 21.1. The number of benzene rings is 1. The standard InChI is InChI=1S/C24H30NO3S.HI/c1-5-18-19(23(26)28-6-2)21(16-12-9-8-10-13-16)25(4)22(17-14-11-15-17)20(18)24(27)29-7-3;/h8-10,12-13,17H,5-7,11,14-15H2,1-4H3;1H/q+1;/p-1. The summed E-state index contributed by atoms with van der Waals surface area (Å²) in [4.78, 5) is 26.3. The molecule has 0 atom stereocenters. The Morgan fingerprint density at radius 3 is 2.27 bits per heavy atom. The van der Waals surface area contributed by atoms with E-state index in [0.717, 1.165) is 40.9 Å². The first-order chi connectivity index (χ1) is 14.0. The summed E-state index contributed by atoms with van der Waals surface area (Å²) in [6.07, 6.45) is 3.96. The number of aromatic nitrogens is 1. The minimum atomic E-state index is -0.352. The van der Waals surface area contributed by atoms with E-state index in [1.165, 1.54) is 18.2 Å². The highest BCUT2D eigenvalue weighted by Crippen LogP contribution is 2.40. The fraction of sp³-hybridized carbons (Fsp3) is 0.458. The number of hydrogen-bond acceptors (Lipinski definition) is 4. The highest BCUT2D eigenvalue weighted by Gasteiger charge is 2.40.